The van der Waals surface area contributed by atoms with E-state index in [0.717, 1.165) is 66.8 Å². The van der Waals surface area contributed by atoms with Crippen LogP contribution in [0.5, 0.6) is 0 Å². The molecule has 11 aromatic rings. The highest BCUT2D eigenvalue weighted by Gasteiger charge is 2.35. The van der Waals surface area contributed by atoms with E-state index in [9.17, 15) is 0 Å². The zero-order valence-electron chi connectivity index (χ0n) is 33.2. The van der Waals surface area contributed by atoms with Crippen LogP contribution in [0.3, 0.4) is 0 Å². The van der Waals surface area contributed by atoms with Crippen LogP contribution in [0.15, 0.2) is 203 Å². The topological polar surface area (TPSA) is 42.4 Å². The zero-order chi connectivity index (χ0) is 40.0. The summed E-state index contributed by atoms with van der Waals surface area (Å²) in [6, 6.07) is 69.1. The summed E-state index contributed by atoms with van der Waals surface area (Å²) in [5.74, 6) is 0.579. The first-order valence-electron chi connectivity index (χ1n) is 20.5. The molecular weight excluding hydrogens is 733 g/mol. The Hall–Kier alpha value is -7.69. The van der Waals surface area contributed by atoms with Crippen molar-refractivity contribution in [3.05, 3.63) is 205 Å². The molecule has 2 aromatic heterocycles. The van der Waals surface area contributed by atoms with Gasteiger partial charge in [-0.3, -0.25) is 0 Å². The quantitative estimate of drug-likeness (QED) is 0.169. The molecule has 0 fully saturated rings. The maximum absolute atomic E-state index is 6.76. The van der Waals surface area contributed by atoms with Gasteiger partial charge in [0.2, 0.25) is 5.89 Å². The third-order valence-electron chi connectivity index (χ3n) is 12.5. The first-order chi connectivity index (χ1) is 29.5. The second kappa shape index (κ2) is 13.2. The van der Waals surface area contributed by atoms with Crippen molar-refractivity contribution in [2.45, 2.75) is 19.3 Å². The van der Waals surface area contributed by atoms with Gasteiger partial charge >= 0.3 is 0 Å². The van der Waals surface area contributed by atoms with Crippen LogP contribution in [0, 0.1) is 0 Å². The minimum absolute atomic E-state index is 0.0916. The van der Waals surface area contributed by atoms with Crippen molar-refractivity contribution in [2.75, 3.05) is 4.90 Å². The molecule has 284 valence electrons. The number of hydrogen-bond donors (Lipinski definition) is 0. The van der Waals surface area contributed by atoms with E-state index >= 15 is 0 Å². The van der Waals surface area contributed by atoms with Crippen LogP contribution in [-0.2, 0) is 5.41 Å². The SMILES string of the molecule is CC1(C)c2ccccc2-c2cc(N(c3ccc(-c4cccc5ccccc45)cc3)c3cccc(-c4cc5oc6ccccc6c5c5nc(-c6ccccc6)oc45)c3)ccc21. The van der Waals surface area contributed by atoms with Gasteiger partial charge in [0.1, 0.15) is 16.7 Å². The van der Waals surface area contributed by atoms with E-state index in [1.165, 1.54) is 44.2 Å². The fraction of sp³-hybridized carbons (Fsp3) is 0.0536. The lowest BCUT2D eigenvalue weighted by atomic mass is 9.82. The van der Waals surface area contributed by atoms with Gasteiger partial charge in [0.05, 0.1) is 5.39 Å². The molecule has 0 N–H and O–H groups in total. The fourth-order valence-corrected chi connectivity index (χ4v) is 9.57. The molecule has 0 saturated carbocycles. The first kappa shape index (κ1) is 34.4. The van der Waals surface area contributed by atoms with Gasteiger partial charge in [0.15, 0.2) is 5.58 Å². The Kier molecular flexibility index (Phi) is 7.54. The summed E-state index contributed by atoms with van der Waals surface area (Å²) >= 11 is 0. The van der Waals surface area contributed by atoms with Gasteiger partial charge in [0.25, 0.3) is 0 Å². The summed E-state index contributed by atoms with van der Waals surface area (Å²) in [4.78, 5) is 7.52. The van der Waals surface area contributed by atoms with Crippen molar-refractivity contribution >= 4 is 60.9 Å². The van der Waals surface area contributed by atoms with Crippen LogP contribution in [0.4, 0.5) is 17.1 Å². The number of fused-ring (bicyclic) bond motifs is 9. The van der Waals surface area contributed by atoms with Crippen LogP contribution >= 0.6 is 0 Å². The molecule has 0 spiro atoms. The van der Waals surface area contributed by atoms with Crippen LogP contribution in [-0.4, -0.2) is 4.98 Å². The molecule has 0 bridgehead atoms. The summed E-state index contributed by atoms with van der Waals surface area (Å²) in [5, 5.41) is 4.45. The molecule has 0 unspecified atom stereocenters. The number of nitrogens with zero attached hydrogens (tertiary/aromatic N) is 2. The minimum Gasteiger partial charge on any atom is -0.456 e. The van der Waals surface area contributed by atoms with E-state index in [-0.39, 0.29) is 5.41 Å². The Balaban J connectivity index is 1.05. The van der Waals surface area contributed by atoms with Crippen molar-refractivity contribution in [1.29, 1.82) is 0 Å². The number of oxazole rings is 1. The van der Waals surface area contributed by atoms with E-state index < -0.39 is 0 Å². The Morgan fingerprint density at radius 2 is 1.10 bits per heavy atom. The molecule has 1 aliphatic carbocycles. The number of para-hydroxylation sites is 1. The van der Waals surface area contributed by atoms with E-state index in [1.807, 2.05) is 48.5 Å². The molecule has 0 saturated heterocycles. The van der Waals surface area contributed by atoms with Crippen molar-refractivity contribution in [3.63, 3.8) is 0 Å². The monoisotopic (exact) mass is 770 g/mol. The van der Waals surface area contributed by atoms with Crippen LogP contribution in [0.25, 0.3) is 88.6 Å². The standard InChI is InChI=1S/C56H38N2O2/c1-56(2)48-24-10-8-21-44(48)47-33-41(30-31-49(47)56)58(39-28-26-36(27-29-39)43-23-13-17-35-14-6-7-20-42(35)43)40-19-12-18-38(32-40)46-34-51-52(45-22-9-11-25-50(45)59-51)53-54(46)60-55(57-53)37-15-4-3-5-16-37/h3-34H,1-2H3. The van der Waals surface area contributed by atoms with Crippen LogP contribution in [0.2, 0.25) is 0 Å². The van der Waals surface area contributed by atoms with E-state index in [4.69, 9.17) is 13.8 Å². The third kappa shape index (κ3) is 5.27. The molecule has 4 heteroatoms. The molecule has 4 nitrogen and oxygen atoms in total. The normalized spacial score (nSPS) is 13.0. The highest BCUT2D eigenvalue weighted by molar-refractivity contribution is 6.20. The molecule has 12 rings (SSSR count). The van der Waals surface area contributed by atoms with Crippen molar-refractivity contribution in [2.24, 2.45) is 0 Å². The molecule has 2 heterocycles. The maximum atomic E-state index is 6.76. The van der Waals surface area contributed by atoms with Gasteiger partial charge in [-0.05, 0) is 110 Å². The number of rotatable bonds is 6. The molecule has 1 aliphatic rings. The van der Waals surface area contributed by atoms with Gasteiger partial charge in [0, 0.05) is 39.0 Å². The zero-order valence-corrected chi connectivity index (χ0v) is 33.2. The molecule has 0 radical (unpaired) electrons. The van der Waals surface area contributed by atoms with Gasteiger partial charge in [-0.25, -0.2) is 4.98 Å². The second-order valence-electron chi connectivity index (χ2n) is 16.3. The molecule has 9 aromatic carbocycles. The third-order valence-corrected chi connectivity index (χ3v) is 12.5. The largest absolute Gasteiger partial charge is 0.456 e. The van der Waals surface area contributed by atoms with Crippen LogP contribution in [0.1, 0.15) is 25.0 Å². The van der Waals surface area contributed by atoms with E-state index in [2.05, 4.69) is 164 Å². The van der Waals surface area contributed by atoms with Gasteiger partial charge in [-0.2, -0.15) is 0 Å². The van der Waals surface area contributed by atoms with Crippen LogP contribution < -0.4 is 4.90 Å². The first-order valence-corrected chi connectivity index (χ1v) is 20.5. The molecule has 60 heavy (non-hydrogen) atoms. The average Bonchev–Trinajstić information content (AvgIpc) is 3.97. The van der Waals surface area contributed by atoms with Crippen molar-refractivity contribution in [3.8, 4) is 44.8 Å². The van der Waals surface area contributed by atoms with Gasteiger partial charge < -0.3 is 13.7 Å². The smallest absolute Gasteiger partial charge is 0.227 e. The lowest BCUT2D eigenvalue weighted by Crippen LogP contribution is -2.15. The number of benzene rings is 9. The van der Waals surface area contributed by atoms with Crippen molar-refractivity contribution < 1.29 is 8.83 Å². The summed E-state index contributed by atoms with van der Waals surface area (Å²) in [5.41, 5.74) is 16.7. The van der Waals surface area contributed by atoms with Crippen molar-refractivity contribution in [1.82, 2.24) is 4.98 Å². The average molecular weight is 771 g/mol. The summed E-state index contributed by atoms with van der Waals surface area (Å²) in [7, 11) is 0. The minimum atomic E-state index is -0.0916. The molecule has 0 aliphatic heterocycles. The van der Waals surface area contributed by atoms with E-state index in [1.54, 1.807) is 0 Å². The fourth-order valence-electron chi connectivity index (χ4n) is 9.57. The summed E-state index contributed by atoms with van der Waals surface area (Å²) < 4.78 is 13.3. The Morgan fingerprint density at radius 1 is 0.433 bits per heavy atom. The number of anilines is 3. The molecular formula is C56H38N2O2. The van der Waals surface area contributed by atoms with Gasteiger partial charge in [-0.1, -0.05) is 147 Å². The maximum Gasteiger partial charge on any atom is 0.227 e. The number of aromatic nitrogens is 1. The predicted molar refractivity (Wildman–Crippen MR) is 247 cm³/mol. The highest BCUT2D eigenvalue weighted by atomic mass is 16.4. The number of furan rings is 1. The summed E-state index contributed by atoms with van der Waals surface area (Å²) in [6.07, 6.45) is 0. The Bertz CT molecular complexity index is 3460. The lowest BCUT2D eigenvalue weighted by molar-refractivity contribution is 0.620. The summed E-state index contributed by atoms with van der Waals surface area (Å²) in [6.45, 7) is 4.66. The molecule has 0 amide bonds. The Labute approximate surface area is 347 Å². The van der Waals surface area contributed by atoms with E-state index in [0.29, 0.717) is 5.89 Å². The number of hydrogen-bond acceptors (Lipinski definition) is 4. The molecule has 0 atom stereocenters. The lowest BCUT2D eigenvalue weighted by Gasteiger charge is -2.28. The predicted octanol–water partition coefficient (Wildman–Crippen LogP) is 15.7. The highest BCUT2D eigenvalue weighted by Crippen LogP contribution is 2.51. The van der Waals surface area contributed by atoms with Gasteiger partial charge in [-0.15, -0.1) is 0 Å². The Morgan fingerprint density at radius 3 is 1.98 bits per heavy atom. The second-order valence-corrected chi connectivity index (χ2v) is 16.3.